The van der Waals surface area contributed by atoms with Crippen LogP contribution in [0.25, 0.3) is 0 Å². The first kappa shape index (κ1) is 23.8. The zero-order valence-corrected chi connectivity index (χ0v) is 19.9. The van der Waals surface area contributed by atoms with E-state index in [0.717, 1.165) is 41.9 Å². The van der Waals surface area contributed by atoms with Crippen LogP contribution in [0.2, 0.25) is 0 Å². The van der Waals surface area contributed by atoms with Gasteiger partial charge in [-0.15, -0.1) is 12.4 Å². The Balaban J connectivity index is 0.00000289. The van der Waals surface area contributed by atoms with Crippen LogP contribution in [-0.2, 0) is 23.0 Å². The molecule has 0 saturated heterocycles. The molecule has 1 heterocycles. The molecule has 7 heteroatoms. The number of anilines is 1. The largest absolute Gasteiger partial charge is 0.359 e. The van der Waals surface area contributed by atoms with E-state index < -0.39 is 10.0 Å². The van der Waals surface area contributed by atoms with Gasteiger partial charge in [0.05, 0.1) is 6.26 Å². The molecule has 1 aliphatic heterocycles. The molecule has 3 aromatic rings. The average Bonchev–Trinajstić information content (AvgIpc) is 2.88. The molecule has 0 spiro atoms. The smallest absolute Gasteiger partial charge is 0.229 e. The Morgan fingerprint density at radius 2 is 1.62 bits per heavy atom. The fourth-order valence-electron chi connectivity index (χ4n) is 3.98. The third kappa shape index (κ3) is 5.90. The number of fused-ring (bicyclic) bond motifs is 1. The van der Waals surface area contributed by atoms with Gasteiger partial charge < -0.3 is 4.90 Å². The number of sulfonamides is 1. The zero-order chi connectivity index (χ0) is 21.8. The van der Waals surface area contributed by atoms with Crippen molar-refractivity contribution in [3.63, 3.8) is 0 Å². The van der Waals surface area contributed by atoms with Gasteiger partial charge in [-0.3, -0.25) is 9.71 Å². The second-order valence-electron chi connectivity index (χ2n) is 7.99. The number of nitrogens with zero attached hydrogens (tertiary/aromatic N) is 2. The Kier molecular flexibility index (Phi) is 7.59. The number of aliphatic imine (C=N–C) groups is 1. The van der Waals surface area contributed by atoms with Gasteiger partial charge in [0, 0.05) is 25.7 Å². The van der Waals surface area contributed by atoms with Gasteiger partial charge in [0.1, 0.15) is 11.9 Å². The third-order valence-corrected chi connectivity index (χ3v) is 6.07. The van der Waals surface area contributed by atoms with E-state index in [1.54, 1.807) is 0 Å². The minimum absolute atomic E-state index is 0. The number of benzene rings is 3. The normalized spacial score (nSPS) is 15.8. The number of hydrogen-bond acceptors (Lipinski definition) is 4. The molecule has 1 unspecified atom stereocenters. The highest BCUT2D eigenvalue weighted by Crippen LogP contribution is 2.34. The zero-order valence-electron chi connectivity index (χ0n) is 18.2. The molecule has 0 fully saturated rings. The predicted octanol–water partition coefficient (Wildman–Crippen LogP) is 5.05. The highest BCUT2D eigenvalue weighted by atomic mass is 35.5. The van der Waals surface area contributed by atoms with Crippen LogP contribution in [0, 0.1) is 0 Å². The van der Waals surface area contributed by atoms with Crippen LogP contribution >= 0.6 is 12.4 Å². The van der Waals surface area contributed by atoms with Crippen molar-refractivity contribution < 1.29 is 8.42 Å². The van der Waals surface area contributed by atoms with Crippen molar-refractivity contribution in [2.45, 2.75) is 25.4 Å². The summed E-state index contributed by atoms with van der Waals surface area (Å²) in [6.45, 7) is 0.728. The quantitative estimate of drug-likeness (QED) is 0.549. The van der Waals surface area contributed by atoms with E-state index in [2.05, 4.69) is 53.1 Å². The number of rotatable bonds is 6. The maximum absolute atomic E-state index is 11.8. The standard InChI is InChI=1S/C25H27N3O2S.ClH/c1-28-18-21-14-15-22(27-31(2,29)30)17-23(21)25(20-11-7-4-8-12-20)26-24(28)16-13-19-9-5-3-6-10-19;/h3-12,14-15,17,25,27H,13,16,18H2,1-2H3;1H. The SMILES string of the molecule is CN1Cc2ccc(NS(C)(=O)=O)cc2C(c2ccccc2)N=C1CCc1ccccc1.Cl. The molecule has 0 amide bonds. The molecule has 1 aliphatic rings. The average molecular weight is 470 g/mol. The van der Waals surface area contributed by atoms with Crippen molar-refractivity contribution in [2.24, 2.45) is 4.99 Å². The number of amidine groups is 1. The van der Waals surface area contributed by atoms with Gasteiger partial charge in [0.15, 0.2) is 0 Å². The lowest BCUT2D eigenvalue weighted by Gasteiger charge is -2.20. The molecule has 32 heavy (non-hydrogen) atoms. The van der Waals surface area contributed by atoms with Crippen LogP contribution < -0.4 is 4.72 Å². The van der Waals surface area contributed by atoms with Crippen molar-refractivity contribution in [1.29, 1.82) is 0 Å². The first-order chi connectivity index (χ1) is 14.9. The number of aryl methyl sites for hydroxylation is 1. The molecule has 0 radical (unpaired) electrons. The molecule has 168 valence electrons. The summed E-state index contributed by atoms with van der Waals surface area (Å²) in [6, 6.07) is 26.2. The van der Waals surface area contributed by atoms with E-state index in [1.165, 1.54) is 11.8 Å². The van der Waals surface area contributed by atoms with Crippen LogP contribution in [0.15, 0.2) is 83.9 Å². The van der Waals surface area contributed by atoms with E-state index in [1.807, 2.05) is 42.5 Å². The second kappa shape index (κ2) is 10.2. The topological polar surface area (TPSA) is 61.8 Å². The minimum atomic E-state index is -3.35. The van der Waals surface area contributed by atoms with E-state index in [0.29, 0.717) is 5.69 Å². The van der Waals surface area contributed by atoms with Gasteiger partial charge in [0.2, 0.25) is 10.0 Å². The summed E-state index contributed by atoms with van der Waals surface area (Å²) >= 11 is 0. The summed E-state index contributed by atoms with van der Waals surface area (Å²) in [5.41, 5.74) is 5.12. The fraction of sp³-hybridized carbons (Fsp3) is 0.240. The van der Waals surface area contributed by atoms with Crippen LogP contribution in [0.3, 0.4) is 0 Å². The van der Waals surface area contributed by atoms with E-state index in [4.69, 9.17) is 4.99 Å². The second-order valence-corrected chi connectivity index (χ2v) is 9.74. The third-order valence-electron chi connectivity index (χ3n) is 5.47. The highest BCUT2D eigenvalue weighted by molar-refractivity contribution is 7.92. The van der Waals surface area contributed by atoms with Gasteiger partial charge in [-0.1, -0.05) is 66.7 Å². The number of hydrogen-bond donors (Lipinski definition) is 1. The molecule has 0 bridgehead atoms. The monoisotopic (exact) mass is 469 g/mol. The van der Waals surface area contributed by atoms with Gasteiger partial charge >= 0.3 is 0 Å². The predicted molar refractivity (Wildman–Crippen MR) is 134 cm³/mol. The molecule has 4 rings (SSSR count). The lowest BCUT2D eigenvalue weighted by Crippen LogP contribution is -2.26. The molecular weight excluding hydrogens is 442 g/mol. The summed E-state index contributed by atoms with van der Waals surface area (Å²) in [5, 5.41) is 0. The number of halogens is 1. The van der Waals surface area contributed by atoms with E-state index >= 15 is 0 Å². The van der Waals surface area contributed by atoms with Crippen molar-refractivity contribution in [2.75, 3.05) is 18.0 Å². The summed E-state index contributed by atoms with van der Waals surface area (Å²) < 4.78 is 26.1. The molecule has 5 nitrogen and oxygen atoms in total. The lowest BCUT2D eigenvalue weighted by molar-refractivity contribution is 0.490. The summed E-state index contributed by atoms with van der Waals surface area (Å²) in [5.74, 6) is 1.05. The summed E-state index contributed by atoms with van der Waals surface area (Å²) in [7, 11) is -1.28. The molecule has 1 atom stereocenters. The maximum atomic E-state index is 11.8. The molecule has 0 aromatic heterocycles. The Labute approximate surface area is 196 Å². The van der Waals surface area contributed by atoms with Crippen molar-refractivity contribution in [3.8, 4) is 0 Å². The summed E-state index contributed by atoms with van der Waals surface area (Å²) in [6.07, 6.45) is 2.93. The number of nitrogens with one attached hydrogen (secondary N) is 1. The first-order valence-corrected chi connectivity index (χ1v) is 12.3. The first-order valence-electron chi connectivity index (χ1n) is 10.4. The summed E-state index contributed by atoms with van der Waals surface area (Å²) in [4.78, 5) is 7.39. The molecule has 0 aliphatic carbocycles. The van der Waals surface area contributed by atoms with Gasteiger partial charge in [-0.2, -0.15) is 0 Å². The molecule has 3 aromatic carbocycles. The maximum Gasteiger partial charge on any atom is 0.229 e. The van der Waals surface area contributed by atoms with Crippen molar-refractivity contribution in [1.82, 2.24) is 4.90 Å². The molecule has 0 saturated carbocycles. The fourth-order valence-corrected chi connectivity index (χ4v) is 4.54. The van der Waals surface area contributed by atoms with Crippen molar-refractivity contribution in [3.05, 3.63) is 101 Å². The Bertz CT molecular complexity index is 1180. The van der Waals surface area contributed by atoms with Crippen LogP contribution in [0.5, 0.6) is 0 Å². The van der Waals surface area contributed by atoms with E-state index in [-0.39, 0.29) is 18.4 Å². The Hall–Kier alpha value is -2.83. The van der Waals surface area contributed by atoms with Gasteiger partial charge in [0.25, 0.3) is 0 Å². The lowest BCUT2D eigenvalue weighted by atomic mass is 9.94. The van der Waals surface area contributed by atoms with Gasteiger partial charge in [-0.25, -0.2) is 8.42 Å². The van der Waals surface area contributed by atoms with Gasteiger partial charge in [-0.05, 0) is 40.8 Å². The molecule has 1 N–H and O–H groups in total. The highest BCUT2D eigenvalue weighted by Gasteiger charge is 2.24. The van der Waals surface area contributed by atoms with Crippen LogP contribution in [-0.4, -0.2) is 32.5 Å². The molecular formula is C25H28ClN3O2S. The Morgan fingerprint density at radius 3 is 2.28 bits per heavy atom. The minimum Gasteiger partial charge on any atom is -0.359 e. The van der Waals surface area contributed by atoms with Crippen LogP contribution in [0.4, 0.5) is 5.69 Å². The Morgan fingerprint density at radius 1 is 0.969 bits per heavy atom. The van der Waals surface area contributed by atoms with Crippen LogP contribution in [0.1, 0.15) is 34.7 Å². The van der Waals surface area contributed by atoms with Crippen molar-refractivity contribution >= 4 is 34.0 Å². The van der Waals surface area contributed by atoms with E-state index in [9.17, 15) is 8.42 Å².